The maximum Gasteiger partial charge on any atom is 0.270 e. The second-order valence-corrected chi connectivity index (χ2v) is 7.21. The lowest BCUT2D eigenvalue weighted by Crippen LogP contribution is -2.27. The van der Waals surface area contributed by atoms with Crippen LogP contribution in [0.4, 0.5) is 5.69 Å². The molecule has 0 radical (unpaired) electrons. The highest BCUT2D eigenvalue weighted by Gasteiger charge is 2.33. The molecule has 3 rings (SSSR count). The number of methoxy groups -OCH3 is 2. The number of rotatable bonds is 4. The van der Waals surface area contributed by atoms with Crippen molar-refractivity contribution >= 4 is 57.6 Å². The van der Waals surface area contributed by atoms with Gasteiger partial charge in [0.25, 0.3) is 5.91 Å². The van der Waals surface area contributed by atoms with E-state index in [0.29, 0.717) is 31.4 Å². The van der Waals surface area contributed by atoms with E-state index in [9.17, 15) is 4.79 Å². The average Bonchev–Trinajstić information content (AvgIpc) is 2.90. The molecule has 1 aliphatic heterocycles. The average molecular weight is 392 g/mol. The normalized spacial score (nSPS) is 15.8. The first-order valence-electron chi connectivity index (χ1n) is 7.29. The molecular formula is C18H14ClNO3S2. The third kappa shape index (κ3) is 3.66. The first-order chi connectivity index (χ1) is 12.0. The molecule has 0 bridgehead atoms. The van der Waals surface area contributed by atoms with Gasteiger partial charge in [-0.1, -0.05) is 35.6 Å². The summed E-state index contributed by atoms with van der Waals surface area (Å²) in [6.07, 6.45) is 1.77. The highest BCUT2D eigenvalue weighted by atomic mass is 35.5. The number of halogens is 1. The molecule has 1 amide bonds. The number of hydrogen-bond acceptors (Lipinski definition) is 5. The van der Waals surface area contributed by atoms with Crippen molar-refractivity contribution in [1.29, 1.82) is 0 Å². The summed E-state index contributed by atoms with van der Waals surface area (Å²) in [4.78, 5) is 14.8. The molecule has 0 aromatic heterocycles. The minimum atomic E-state index is -0.171. The molecule has 1 aliphatic rings. The molecule has 128 valence electrons. The summed E-state index contributed by atoms with van der Waals surface area (Å²) in [6.45, 7) is 0. The van der Waals surface area contributed by atoms with Crippen LogP contribution in [0.25, 0.3) is 6.08 Å². The number of carbonyl (C=O) groups excluding carboxylic acids is 1. The zero-order valence-corrected chi connectivity index (χ0v) is 15.9. The van der Waals surface area contributed by atoms with Crippen LogP contribution in [-0.4, -0.2) is 24.4 Å². The van der Waals surface area contributed by atoms with E-state index in [4.69, 9.17) is 33.3 Å². The SMILES string of the molecule is COc1ccc(/C=C2\SC(=S)N(c3ccc(Cl)cc3)C2=O)c(OC)c1. The predicted molar refractivity (Wildman–Crippen MR) is 107 cm³/mol. The van der Waals surface area contributed by atoms with Crippen molar-refractivity contribution in [3.8, 4) is 11.5 Å². The molecule has 0 unspecified atom stereocenters. The number of hydrogen-bond donors (Lipinski definition) is 0. The fourth-order valence-corrected chi connectivity index (χ4v) is 3.78. The Morgan fingerprint density at radius 1 is 1.12 bits per heavy atom. The number of benzene rings is 2. The van der Waals surface area contributed by atoms with Gasteiger partial charge in [-0.25, -0.2) is 0 Å². The Hall–Kier alpha value is -2.02. The highest BCUT2D eigenvalue weighted by Crippen LogP contribution is 2.37. The standard InChI is InChI=1S/C18H14ClNO3S2/c1-22-14-8-3-11(15(10-14)23-2)9-16-17(21)20(18(24)25-16)13-6-4-12(19)5-7-13/h3-10H,1-2H3/b16-9-. The molecule has 0 N–H and O–H groups in total. The van der Waals surface area contributed by atoms with Gasteiger partial charge >= 0.3 is 0 Å². The van der Waals surface area contributed by atoms with Crippen LogP contribution >= 0.6 is 35.6 Å². The number of ether oxygens (including phenoxy) is 2. The van der Waals surface area contributed by atoms with Gasteiger partial charge in [-0.2, -0.15) is 0 Å². The Morgan fingerprint density at radius 3 is 2.48 bits per heavy atom. The highest BCUT2D eigenvalue weighted by molar-refractivity contribution is 8.27. The van der Waals surface area contributed by atoms with Crippen LogP contribution in [-0.2, 0) is 4.79 Å². The zero-order valence-electron chi connectivity index (χ0n) is 13.5. The number of nitrogens with zero attached hydrogens (tertiary/aromatic N) is 1. The van der Waals surface area contributed by atoms with E-state index in [2.05, 4.69) is 0 Å². The van der Waals surface area contributed by atoms with E-state index in [1.165, 1.54) is 16.7 Å². The second kappa shape index (κ2) is 7.47. The van der Waals surface area contributed by atoms with Crippen molar-refractivity contribution < 1.29 is 14.3 Å². The first kappa shape index (κ1) is 17.8. The van der Waals surface area contributed by atoms with Gasteiger partial charge in [-0.3, -0.25) is 9.69 Å². The molecule has 2 aromatic carbocycles. The van der Waals surface area contributed by atoms with Gasteiger partial charge in [0.2, 0.25) is 0 Å². The lowest BCUT2D eigenvalue weighted by molar-refractivity contribution is -0.113. The predicted octanol–water partition coefficient (Wildman–Crippen LogP) is 4.76. The van der Waals surface area contributed by atoms with Crippen LogP contribution < -0.4 is 14.4 Å². The molecule has 4 nitrogen and oxygen atoms in total. The Morgan fingerprint density at radius 2 is 1.84 bits per heavy atom. The van der Waals surface area contributed by atoms with E-state index in [1.807, 2.05) is 12.1 Å². The zero-order chi connectivity index (χ0) is 18.0. The third-order valence-electron chi connectivity index (χ3n) is 3.61. The van der Waals surface area contributed by atoms with Crippen LogP contribution in [0.15, 0.2) is 47.4 Å². The van der Waals surface area contributed by atoms with Crippen LogP contribution in [0.2, 0.25) is 5.02 Å². The molecule has 1 saturated heterocycles. The Bertz CT molecular complexity index is 865. The summed E-state index contributed by atoms with van der Waals surface area (Å²) in [5.41, 5.74) is 1.47. The lowest BCUT2D eigenvalue weighted by Gasteiger charge is -2.14. The van der Waals surface area contributed by atoms with Crippen LogP contribution in [0, 0.1) is 0 Å². The monoisotopic (exact) mass is 391 g/mol. The van der Waals surface area contributed by atoms with Crippen LogP contribution in [0.5, 0.6) is 11.5 Å². The van der Waals surface area contributed by atoms with Crippen LogP contribution in [0.3, 0.4) is 0 Å². The quantitative estimate of drug-likeness (QED) is 0.554. The maximum atomic E-state index is 12.8. The molecule has 1 heterocycles. The topological polar surface area (TPSA) is 38.8 Å². The van der Waals surface area contributed by atoms with Crippen molar-refractivity contribution in [2.75, 3.05) is 19.1 Å². The van der Waals surface area contributed by atoms with Crippen molar-refractivity contribution in [2.45, 2.75) is 0 Å². The molecule has 0 spiro atoms. The molecule has 1 fully saturated rings. The Balaban J connectivity index is 1.94. The lowest BCUT2D eigenvalue weighted by atomic mass is 10.1. The molecule has 0 atom stereocenters. The van der Waals surface area contributed by atoms with Crippen molar-refractivity contribution in [3.05, 3.63) is 58.0 Å². The molecule has 2 aromatic rings. The number of amides is 1. The van der Waals surface area contributed by atoms with Crippen LogP contribution in [0.1, 0.15) is 5.56 Å². The summed E-state index contributed by atoms with van der Waals surface area (Å²) in [5, 5.41) is 0.604. The van der Waals surface area contributed by atoms with Gasteiger partial charge in [0.1, 0.15) is 11.5 Å². The van der Waals surface area contributed by atoms with Gasteiger partial charge in [0.05, 0.1) is 24.8 Å². The number of thioether (sulfide) groups is 1. The summed E-state index contributed by atoms with van der Waals surface area (Å²) in [7, 11) is 3.16. The van der Waals surface area contributed by atoms with Gasteiger partial charge in [0.15, 0.2) is 4.32 Å². The number of carbonyl (C=O) groups is 1. The largest absolute Gasteiger partial charge is 0.497 e. The molecule has 0 aliphatic carbocycles. The molecular weight excluding hydrogens is 378 g/mol. The Labute approximate surface area is 160 Å². The molecule has 0 saturated carbocycles. The fourth-order valence-electron chi connectivity index (χ4n) is 2.36. The van der Waals surface area contributed by atoms with Crippen molar-refractivity contribution in [3.63, 3.8) is 0 Å². The number of anilines is 1. The van der Waals surface area contributed by atoms with E-state index >= 15 is 0 Å². The van der Waals surface area contributed by atoms with Gasteiger partial charge in [0, 0.05) is 16.7 Å². The minimum absolute atomic E-state index is 0.171. The van der Waals surface area contributed by atoms with Crippen molar-refractivity contribution in [2.24, 2.45) is 0 Å². The summed E-state index contributed by atoms with van der Waals surface area (Å²) in [5.74, 6) is 1.13. The summed E-state index contributed by atoms with van der Waals surface area (Å²) in [6, 6.07) is 12.4. The maximum absolute atomic E-state index is 12.8. The summed E-state index contributed by atoms with van der Waals surface area (Å²) >= 11 is 12.5. The van der Waals surface area contributed by atoms with E-state index in [-0.39, 0.29) is 5.91 Å². The smallest absolute Gasteiger partial charge is 0.270 e. The second-order valence-electron chi connectivity index (χ2n) is 5.10. The van der Waals surface area contributed by atoms with E-state index in [0.717, 1.165) is 5.56 Å². The van der Waals surface area contributed by atoms with Gasteiger partial charge in [-0.05, 0) is 42.5 Å². The third-order valence-corrected chi connectivity index (χ3v) is 5.16. The molecule has 25 heavy (non-hydrogen) atoms. The van der Waals surface area contributed by atoms with E-state index in [1.54, 1.807) is 50.6 Å². The first-order valence-corrected chi connectivity index (χ1v) is 8.89. The van der Waals surface area contributed by atoms with Gasteiger partial charge in [-0.15, -0.1) is 0 Å². The number of thiocarbonyl (C=S) groups is 1. The minimum Gasteiger partial charge on any atom is -0.497 e. The molecule has 7 heteroatoms. The Kier molecular flexibility index (Phi) is 5.32. The van der Waals surface area contributed by atoms with Gasteiger partial charge < -0.3 is 9.47 Å². The fraction of sp³-hybridized carbons (Fsp3) is 0.111. The van der Waals surface area contributed by atoms with Crippen molar-refractivity contribution in [1.82, 2.24) is 0 Å². The van der Waals surface area contributed by atoms with E-state index < -0.39 is 0 Å². The summed E-state index contributed by atoms with van der Waals surface area (Å²) < 4.78 is 11.0.